The normalized spacial score (nSPS) is 11.3. The van der Waals surface area contributed by atoms with Gasteiger partial charge < -0.3 is 19.0 Å². The van der Waals surface area contributed by atoms with E-state index in [1.54, 1.807) is 25.6 Å². The summed E-state index contributed by atoms with van der Waals surface area (Å²) < 4.78 is 13.4. The van der Waals surface area contributed by atoms with Gasteiger partial charge in [0.05, 0.1) is 35.1 Å². The minimum Gasteiger partial charge on any atom is -0.496 e. The number of fused-ring (bicyclic) bond motifs is 1. The van der Waals surface area contributed by atoms with Crippen LogP contribution in [0, 0.1) is 13.8 Å². The first-order chi connectivity index (χ1) is 13.0. The summed E-state index contributed by atoms with van der Waals surface area (Å²) in [4.78, 5) is 32.4. The molecule has 0 unspecified atom stereocenters. The maximum absolute atomic E-state index is 13.0. The third-order valence-electron chi connectivity index (χ3n) is 4.65. The quantitative estimate of drug-likeness (QED) is 0.599. The van der Waals surface area contributed by atoms with Gasteiger partial charge in [0.15, 0.2) is 11.4 Å². The first kappa shape index (κ1) is 19.3. The standard InChI is InChI=1S/C19H23N3O4S/c1-11-9-15(26-4)13(19(24)21-11)5-6-14(23)16-12(2)22(7-8-25-3)18-17(16)27-10-20-18/h9-10H,5-8H2,1-4H3,(H,21,24). The first-order valence-corrected chi connectivity index (χ1v) is 9.57. The number of ketones is 1. The highest BCUT2D eigenvalue weighted by molar-refractivity contribution is 7.17. The Morgan fingerprint density at radius 3 is 2.81 bits per heavy atom. The van der Waals surface area contributed by atoms with Crippen LogP contribution in [0.5, 0.6) is 5.75 Å². The molecule has 0 aliphatic carbocycles. The van der Waals surface area contributed by atoms with Crippen LogP contribution in [0.25, 0.3) is 10.3 Å². The summed E-state index contributed by atoms with van der Waals surface area (Å²) >= 11 is 1.46. The van der Waals surface area contributed by atoms with E-state index < -0.39 is 0 Å². The Morgan fingerprint density at radius 2 is 2.11 bits per heavy atom. The number of thiazole rings is 1. The molecule has 0 amide bonds. The maximum Gasteiger partial charge on any atom is 0.255 e. The van der Waals surface area contributed by atoms with Crippen LogP contribution in [0.4, 0.5) is 0 Å². The molecule has 0 atom stereocenters. The summed E-state index contributed by atoms with van der Waals surface area (Å²) in [5.74, 6) is 0.515. The van der Waals surface area contributed by atoms with E-state index in [0.29, 0.717) is 36.4 Å². The molecule has 0 saturated carbocycles. The van der Waals surface area contributed by atoms with Gasteiger partial charge in [-0.25, -0.2) is 4.98 Å². The molecule has 3 rings (SSSR count). The molecule has 0 aromatic carbocycles. The van der Waals surface area contributed by atoms with Crippen molar-refractivity contribution in [2.45, 2.75) is 33.2 Å². The molecule has 0 aliphatic heterocycles. The number of carbonyl (C=O) groups is 1. The Labute approximate surface area is 161 Å². The molecule has 0 aliphatic rings. The van der Waals surface area contributed by atoms with Crippen molar-refractivity contribution in [2.75, 3.05) is 20.8 Å². The fourth-order valence-electron chi connectivity index (χ4n) is 3.31. The minimum absolute atomic E-state index is 0.0000510. The largest absolute Gasteiger partial charge is 0.496 e. The van der Waals surface area contributed by atoms with Gasteiger partial charge in [-0.05, 0) is 26.3 Å². The van der Waals surface area contributed by atoms with E-state index in [4.69, 9.17) is 9.47 Å². The highest BCUT2D eigenvalue weighted by Gasteiger charge is 2.22. The highest BCUT2D eigenvalue weighted by atomic mass is 32.1. The monoisotopic (exact) mass is 389 g/mol. The Morgan fingerprint density at radius 1 is 1.33 bits per heavy atom. The molecule has 0 bridgehead atoms. The van der Waals surface area contributed by atoms with E-state index in [1.807, 2.05) is 11.5 Å². The lowest BCUT2D eigenvalue weighted by Crippen LogP contribution is -2.17. The summed E-state index contributed by atoms with van der Waals surface area (Å²) in [7, 11) is 3.18. The SMILES string of the molecule is COCCn1c(C)c(C(=O)CCc2c(OC)cc(C)[nH]c2=O)c2scnc21. The van der Waals surface area contributed by atoms with Gasteiger partial charge in [0.25, 0.3) is 5.56 Å². The van der Waals surface area contributed by atoms with Crippen LogP contribution < -0.4 is 10.3 Å². The van der Waals surface area contributed by atoms with E-state index in [0.717, 1.165) is 21.7 Å². The number of hydrogen-bond donors (Lipinski definition) is 1. The van der Waals surface area contributed by atoms with Crippen molar-refractivity contribution < 1.29 is 14.3 Å². The van der Waals surface area contributed by atoms with Gasteiger partial charge in [0, 0.05) is 31.5 Å². The summed E-state index contributed by atoms with van der Waals surface area (Å²) in [6, 6.07) is 1.77. The van der Waals surface area contributed by atoms with E-state index in [-0.39, 0.29) is 17.8 Å². The third kappa shape index (κ3) is 3.68. The van der Waals surface area contributed by atoms with Crippen LogP contribution in [-0.2, 0) is 17.7 Å². The van der Waals surface area contributed by atoms with Gasteiger partial charge in [-0.1, -0.05) is 0 Å². The molecule has 8 heteroatoms. The molecule has 0 saturated heterocycles. The van der Waals surface area contributed by atoms with Crippen molar-refractivity contribution in [1.29, 1.82) is 0 Å². The predicted octanol–water partition coefficient (Wildman–Crippen LogP) is 2.87. The molecule has 3 aromatic rings. The van der Waals surface area contributed by atoms with Crippen LogP contribution in [0.15, 0.2) is 16.4 Å². The fraction of sp³-hybridized carbons (Fsp3) is 0.421. The van der Waals surface area contributed by atoms with E-state index in [1.165, 1.54) is 18.4 Å². The average molecular weight is 389 g/mol. The second-order valence-electron chi connectivity index (χ2n) is 6.36. The Balaban J connectivity index is 1.89. The molecule has 144 valence electrons. The van der Waals surface area contributed by atoms with E-state index in [9.17, 15) is 9.59 Å². The number of nitrogens with one attached hydrogen (secondary N) is 1. The number of hydrogen-bond acceptors (Lipinski definition) is 6. The van der Waals surface area contributed by atoms with Crippen molar-refractivity contribution in [3.63, 3.8) is 0 Å². The molecule has 0 radical (unpaired) electrons. The molecule has 1 N–H and O–H groups in total. The fourth-order valence-corrected chi connectivity index (χ4v) is 4.22. The van der Waals surface area contributed by atoms with Gasteiger partial charge in [-0.2, -0.15) is 0 Å². The molecular formula is C19H23N3O4S. The van der Waals surface area contributed by atoms with Gasteiger partial charge in [0.2, 0.25) is 0 Å². The van der Waals surface area contributed by atoms with E-state index >= 15 is 0 Å². The van der Waals surface area contributed by atoms with Crippen LogP contribution in [0.3, 0.4) is 0 Å². The van der Waals surface area contributed by atoms with Crippen LogP contribution in [0.1, 0.15) is 33.7 Å². The molecule has 0 fully saturated rings. The zero-order valence-corrected chi connectivity index (χ0v) is 16.7. The lowest BCUT2D eigenvalue weighted by Gasteiger charge is -2.09. The number of carbonyl (C=O) groups excluding carboxylic acids is 1. The maximum atomic E-state index is 13.0. The number of ether oxygens (including phenoxy) is 2. The number of Topliss-reactive ketones (excluding diaryl/α,β-unsaturated/α-hetero) is 1. The number of aromatic nitrogens is 3. The Bertz CT molecular complexity index is 1030. The summed E-state index contributed by atoms with van der Waals surface area (Å²) in [5, 5.41) is 0. The van der Waals surface area contributed by atoms with Gasteiger partial charge in [-0.15, -0.1) is 11.3 Å². The number of methoxy groups -OCH3 is 2. The predicted molar refractivity (Wildman–Crippen MR) is 105 cm³/mol. The molecule has 7 nitrogen and oxygen atoms in total. The minimum atomic E-state index is -0.211. The van der Waals surface area contributed by atoms with Crippen molar-refractivity contribution in [3.8, 4) is 5.75 Å². The smallest absolute Gasteiger partial charge is 0.255 e. The van der Waals surface area contributed by atoms with Crippen LogP contribution in [-0.4, -0.2) is 41.1 Å². The number of pyridine rings is 1. The summed E-state index contributed by atoms with van der Waals surface area (Å²) in [5.41, 5.74) is 5.14. The van der Waals surface area contributed by atoms with Gasteiger partial charge in [-0.3, -0.25) is 9.59 Å². The van der Waals surface area contributed by atoms with Crippen LogP contribution >= 0.6 is 11.3 Å². The zero-order chi connectivity index (χ0) is 19.6. The topological polar surface area (TPSA) is 86.2 Å². The second kappa shape index (κ2) is 8.06. The number of nitrogens with zero attached hydrogens (tertiary/aromatic N) is 2. The lowest BCUT2D eigenvalue weighted by atomic mass is 10.0. The Kier molecular flexibility index (Phi) is 5.76. The number of aryl methyl sites for hydroxylation is 1. The van der Waals surface area contributed by atoms with Crippen LogP contribution in [0.2, 0.25) is 0 Å². The van der Waals surface area contributed by atoms with E-state index in [2.05, 4.69) is 9.97 Å². The van der Waals surface area contributed by atoms with Crippen molar-refractivity contribution >= 4 is 27.5 Å². The Hall–Kier alpha value is -2.45. The molecule has 0 spiro atoms. The third-order valence-corrected chi connectivity index (χ3v) is 5.48. The van der Waals surface area contributed by atoms with Crippen molar-refractivity contribution in [3.05, 3.63) is 44.4 Å². The zero-order valence-electron chi connectivity index (χ0n) is 15.9. The molecule has 27 heavy (non-hydrogen) atoms. The molecule has 3 heterocycles. The second-order valence-corrected chi connectivity index (χ2v) is 7.22. The van der Waals surface area contributed by atoms with Gasteiger partial charge in [0.1, 0.15) is 5.75 Å². The first-order valence-electron chi connectivity index (χ1n) is 8.69. The number of rotatable bonds is 8. The number of aromatic amines is 1. The van der Waals surface area contributed by atoms with Gasteiger partial charge >= 0.3 is 0 Å². The molecule has 3 aromatic heterocycles. The summed E-state index contributed by atoms with van der Waals surface area (Å²) in [6.07, 6.45) is 0.547. The lowest BCUT2D eigenvalue weighted by molar-refractivity contribution is 0.0983. The molecular weight excluding hydrogens is 366 g/mol. The highest BCUT2D eigenvalue weighted by Crippen LogP contribution is 2.30. The number of H-pyrrole nitrogens is 1. The van der Waals surface area contributed by atoms with Crippen molar-refractivity contribution in [1.82, 2.24) is 14.5 Å². The van der Waals surface area contributed by atoms with Crippen molar-refractivity contribution in [2.24, 2.45) is 0 Å². The summed E-state index contributed by atoms with van der Waals surface area (Å²) in [6.45, 7) is 4.91. The average Bonchev–Trinajstić information content (AvgIpc) is 3.18.